The lowest BCUT2D eigenvalue weighted by Crippen LogP contribution is -2.36. The molecule has 4 heteroatoms. The highest BCUT2D eigenvalue weighted by atomic mass is 32.2. The first-order valence-corrected chi connectivity index (χ1v) is 5.78. The first-order valence-electron chi connectivity index (χ1n) is 4.96. The lowest BCUT2D eigenvalue weighted by Gasteiger charge is -2.23. The van der Waals surface area contributed by atoms with Crippen molar-refractivity contribution in [2.24, 2.45) is 0 Å². The molecule has 88 valence electrons. The molecule has 0 saturated carbocycles. The predicted octanol–water partition coefficient (Wildman–Crippen LogP) is 2.58. The number of hydrogen-bond acceptors (Lipinski definition) is 3. The van der Waals surface area contributed by atoms with Crippen LogP contribution in [0.1, 0.15) is 12.5 Å². The average molecular weight is 240 g/mol. The van der Waals surface area contributed by atoms with E-state index in [2.05, 4.69) is 0 Å². The summed E-state index contributed by atoms with van der Waals surface area (Å²) in [6.07, 6.45) is 0. The number of aryl methyl sites for hydroxylation is 1. The zero-order valence-corrected chi connectivity index (χ0v) is 10.5. The molecule has 1 unspecified atom stereocenters. The van der Waals surface area contributed by atoms with Crippen LogP contribution in [0.4, 0.5) is 0 Å². The predicted molar refractivity (Wildman–Crippen MR) is 65.0 cm³/mol. The van der Waals surface area contributed by atoms with Gasteiger partial charge in [-0.2, -0.15) is 0 Å². The molecule has 0 heterocycles. The van der Waals surface area contributed by atoms with Gasteiger partial charge in [-0.05, 0) is 25.5 Å². The summed E-state index contributed by atoms with van der Waals surface area (Å²) in [5.41, 5.74) is 1.08. The molecule has 3 nitrogen and oxygen atoms in total. The number of carbonyl (C=O) groups is 1. The molecule has 1 atom stereocenters. The molecule has 1 aromatic carbocycles. The maximum atomic E-state index is 11.2. The van der Waals surface area contributed by atoms with Crippen molar-refractivity contribution < 1.29 is 14.6 Å². The van der Waals surface area contributed by atoms with Crippen LogP contribution in [0, 0.1) is 6.92 Å². The van der Waals surface area contributed by atoms with Crippen LogP contribution in [-0.4, -0.2) is 29.5 Å². The Morgan fingerprint density at radius 2 is 2.12 bits per heavy atom. The number of hydrogen-bond donors (Lipinski definition) is 1. The van der Waals surface area contributed by atoms with Gasteiger partial charge in [0.2, 0.25) is 0 Å². The van der Waals surface area contributed by atoms with Crippen molar-refractivity contribution in [3.05, 3.63) is 29.8 Å². The highest BCUT2D eigenvalue weighted by molar-refractivity contribution is 8.01. The second-order valence-electron chi connectivity index (χ2n) is 3.84. The molecule has 1 N–H and O–H groups in total. The summed E-state index contributed by atoms with van der Waals surface area (Å²) in [4.78, 5) is 12.2. The minimum absolute atomic E-state index is 0.182. The van der Waals surface area contributed by atoms with Crippen molar-refractivity contribution in [2.45, 2.75) is 23.5 Å². The summed E-state index contributed by atoms with van der Waals surface area (Å²) < 4.78 is 4.04. The van der Waals surface area contributed by atoms with Crippen molar-refractivity contribution in [2.75, 3.05) is 13.7 Å². The topological polar surface area (TPSA) is 46.5 Å². The number of thioether (sulfide) groups is 1. The molecule has 0 spiro atoms. The van der Waals surface area contributed by atoms with Crippen LogP contribution in [0.3, 0.4) is 0 Å². The number of ether oxygens (including phenoxy) is 1. The highest BCUT2D eigenvalue weighted by Crippen LogP contribution is 2.35. The van der Waals surface area contributed by atoms with Crippen LogP contribution in [0.25, 0.3) is 0 Å². The Labute approximate surface area is 99.8 Å². The third kappa shape index (κ3) is 3.00. The number of aliphatic carboxylic acids is 1. The van der Waals surface area contributed by atoms with E-state index in [0.29, 0.717) is 0 Å². The molecular formula is C12H16O3S. The fraction of sp³-hybridized carbons (Fsp3) is 0.417. The molecule has 0 bridgehead atoms. The molecule has 0 aliphatic rings. The third-order valence-corrected chi connectivity index (χ3v) is 3.72. The van der Waals surface area contributed by atoms with Crippen LogP contribution in [0.5, 0.6) is 0 Å². The Balaban J connectivity index is 2.92. The van der Waals surface area contributed by atoms with Crippen molar-refractivity contribution >= 4 is 17.7 Å². The smallest absolute Gasteiger partial charge is 0.322 e. The molecule has 0 saturated heterocycles. The van der Waals surface area contributed by atoms with E-state index in [1.807, 2.05) is 31.2 Å². The van der Waals surface area contributed by atoms with E-state index in [0.717, 1.165) is 10.5 Å². The lowest BCUT2D eigenvalue weighted by atomic mass is 10.2. The summed E-state index contributed by atoms with van der Waals surface area (Å²) in [5.74, 6) is -0.859. The van der Waals surface area contributed by atoms with E-state index in [9.17, 15) is 9.90 Å². The molecule has 1 aromatic rings. The molecular weight excluding hydrogens is 224 g/mol. The minimum atomic E-state index is -0.944. The Kier molecular flexibility index (Phi) is 4.38. The summed E-state index contributed by atoms with van der Waals surface area (Å²) in [5, 5.41) is 9.21. The third-order valence-electron chi connectivity index (χ3n) is 2.30. The van der Waals surface area contributed by atoms with E-state index in [-0.39, 0.29) is 6.61 Å². The second-order valence-corrected chi connectivity index (χ2v) is 5.38. The van der Waals surface area contributed by atoms with E-state index in [1.165, 1.54) is 18.9 Å². The average Bonchev–Trinajstić information content (AvgIpc) is 2.21. The molecule has 0 aliphatic carbocycles. The van der Waals surface area contributed by atoms with E-state index in [1.54, 1.807) is 6.92 Å². The quantitative estimate of drug-likeness (QED) is 0.803. The van der Waals surface area contributed by atoms with Gasteiger partial charge in [-0.15, -0.1) is 11.8 Å². The van der Waals surface area contributed by atoms with E-state index < -0.39 is 10.7 Å². The molecule has 16 heavy (non-hydrogen) atoms. The van der Waals surface area contributed by atoms with Crippen molar-refractivity contribution in [3.8, 4) is 0 Å². The zero-order chi connectivity index (χ0) is 12.2. The van der Waals surface area contributed by atoms with Crippen LogP contribution in [0.2, 0.25) is 0 Å². The molecule has 0 aromatic heterocycles. The Morgan fingerprint density at radius 1 is 1.50 bits per heavy atom. The number of carboxylic acid groups (broad SMARTS) is 1. The first-order chi connectivity index (χ1) is 7.49. The van der Waals surface area contributed by atoms with Crippen LogP contribution in [0.15, 0.2) is 29.2 Å². The number of benzene rings is 1. The molecule has 0 amide bonds. The standard InChI is InChI=1S/C12H16O3S/c1-9-6-4-5-7-10(9)16-12(2,8-15-3)11(13)14/h4-7H,8H2,1-3H3,(H,13,14). The van der Waals surface area contributed by atoms with Gasteiger partial charge < -0.3 is 9.84 Å². The van der Waals surface area contributed by atoms with Gasteiger partial charge in [0.1, 0.15) is 4.75 Å². The maximum Gasteiger partial charge on any atom is 0.322 e. The largest absolute Gasteiger partial charge is 0.480 e. The number of methoxy groups -OCH3 is 1. The van der Waals surface area contributed by atoms with Gasteiger partial charge in [-0.3, -0.25) is 4.79 Å². The molecule has 1 rings (SSSR count). The summed E-state index contributed by atoms with van der Waals surface area (Å²) in [6, 6.07) is 7.74. The monoisotopic (exact) mass is 240 g/mol. The van der Waals surface area contributed by atoms with Crippen molar-refractivity contribution in [1.82, 2.24) is 0 Å². The van der Waals surface area contributed by atoms with E-state index in [4.69, 9.17) is 4.74 Å². The van der Waals surface area contributed by atoms with Crippen LogP contribution in [-0.2, 0) is 9.53 Å². The van der Waals surface area contributed by atoms with Gasteiger partial charge in [0.25, 0.3) is 0 Å². The van der Waals surface area contributed by atoms with Gasteiger partial charge in [-0.25, -0.2) is 0 Å². The Morgan fingerprint density at radius 3 is 2.62 bits per heavy atom. The SMILES string of the molecule is COCC(C)(Sc1ccccc1C)C(=O)O. The number of rotatable bonds is 5. The van der Waals surface area contributed by atoms with Crippen molar-refractivity contribution in [1.29, 1.82) is 0 Å². The van der Waals surface area contributed by atoms with Crippen molar-refractivity contribution in [3.63, 3.8) is 0 Å². The first kappa shape index (κ1) is 13.1. The second kappa shape index (κ2) is 5.37. The van der Waals surface area contributed by atoms with Crippen LogP contribution < -0.4 is 0 Å². The van der Waals surface area contributed by atoms with Gasteiger partial charge >= 0.3 is 5.97 Å². The van der Waals surface area contributed by atoms with E-state index >= 15 is 0 Å². The van der Waals surface area contributed by atoms with Crippen LogP contribution >= 0.6 is 11.8 Å². The van der Waals surface area contributed by atoms with Gasteiger partial charge in [0.15, 0.2) is 0 Å². The van der Waals surface area contributed by atoms with Gasteiger partial charge in [0.05, 0.1) is 6.61 Å². The summed E-state index contributed by atoms with van der Waals surface area (Å²) in [6.45, 7) is 3.83. The lowest BCUT2D eigenvalue weighted by molar-refractivity contribution is -0.140. The minimum Gasteiger partial charge on any atom is -0.480 e. The fourth-order valence-electron chi connectivity index (χ4n) is 1.32. The maximum absolute atomic E-state index is 11.2. The molecule has 0 aliphatic heterocycles. The Bertz CT molecular complexity index is 378. The highest BCUT2D eigenvalue weighted by Gasteiger charge is 2.34. The van der Waals surface area contributed by atoms with Gasteiger partial charge in [-0.1, -0.05) is 18.2 Å². The summed E-state index contributed by atoms with van der Waals surface area (Å²) in [7, 11) is 1.51. The normalized spacial score (nSPS) is 14.4. The zero-order valence-electron chi connectivity index (χ0n) is 9.69. The Hall–Kier alpha value is -1.00. The molecule has 0 radical (unpaired) electrons. The molecule has 0 fully saturated rings. The summed E-state index contributed by atoms with van der Waals surface area (Å²) >= 11 is 1.33. The van der Waals surface area contributed by atoms with Gasteiger partial charge in [0, 0.05) is 12.0 Å². The number of carboxylic acids is 1. The fourth-order valence-corrected chi connectivity index (χ4v) is 2.45.